The largest absolute Gasteiger partial charge is 0.496 e. The van der Waals surface area contributed by atoms with Crippen molar-refractivity contribution in [2.45, 2.75) is 31.3 Å². The molecule has 1 aliphatic rings. The average molecular weight is 271 g/mol. The molecule has 0 radical (unpaired) electrons. The number of ether oxygens (including phenoxy) is 1. The van der Waals surface area contributed by atoms with Crippen LogP contribution in [0.5, 0.6) is 5.75 Å². The smallest absolute Gasteiger partial charge is 0.123 e. The number of aliphatic hydroxyl groups excluding tert-OH is 1. The van der Waals surface area contributed by atoms with Crippen molar-refractivity contribution in [2.24, 2.45) is 0 Å². The van der Waals surface area contributed by atoms with Crippen LogP contribution in [0.25, 0.3) is 0 Å². The van der Waals surface area contributed by atoms with Crippen molar-refractivity contribution >= 4 is 15.9 Å². The second kappa shape index (κ2) is 3.80. The minimum Gasteiger partial charge on any atom is -0.496 e. The monoisotopic (exact) mass is 270 g/mol. The summed E-state index contributed by atoms with van der Waals surface area (Å²) < 4.78 is 6.37. The van der Waals surface area contributed by atoms with E-state index in [0.29, 0.717) is 0 Å². The Labute approximate surface area is 98.4 Å². The Kier molecular flexibility index (Phi) is 2.77. The van der Waals surface area contributed by atoms with Crippen LogP contribution in [0.2, 0.25) is 0 Å². The Morgan fingerprint density at radius 1 is 1.47 bits per heavy atom. The molecule has 1 unspecified atom stereocenters. The summed E-state index contributed by atoms with van der Waals surface area (Å²) >= 11 is 3.42. The Balaban J connectivity index is 2.44. The third-order valence-corrected chi connectivity index (χ3v) is 3.78. The Hall–Kier alpha value is -0.540. The van der Waals surface area contributed by atoms with Crippen LogP contribution in [-0.2, 0) is 5.41 Å². The highest BCUT2D eigenvalue weighted by atomic mass is 79.9. The number of rotatable bonds is 3. The van der Waals surface area contributed by atoms with Gasteiger partial charge in [-0.25, -0.2) is 0 Å². The number of halogens is 1. The third-order valence-electron chi connectivity index (χ3n) is 3.29. The molecular weight excluding hydrogens is 256 g/mol. The minimum absolute atomic E-state index is 0.0634. The van der Waals surface area contributed by atoms with Gasteiger partial charge in [-0.2, -0.15) is 0 Å². The Morgan fingerprint density at radius 2 is 2.13 bits per heavy atom. The van der Waals surface area contributed by atoms with Gasteiger partial charge in [0.1, 0.15) is 5.75 Å². The van der Waals surface area contributed by atoms with E-state index in [1.807, 2.05) is 25.1 Å². The molecule has 1 aromatic rings. The van der Waals surface area contributed by atoms with Gasteiger partial charge < -0.3 is 9.84 Å². The number of benzene rings is 1. The summed E-state index contributed by atoms with van der Waals surface area (Å²) in [5, 5.41) is 9.82. The van der Waals surface area contributed by atoms with Crippen molar-refractivity contribution < 1.29 is 9.84 Å². The molecule has 1 aliphatic carbocycles. The second-order valence-corrected chi connectivity index (χ2v) is 5.09. The van der Waals surface area contributed by atoms with E-state index in [0.717, 1.165) is 28.6 Å². The van der Waals surface area contributed by atoms with Gasteiger partial charge in [-0.05, 0) is 31.9 Å². The molecular formula is C12H15BrO2. The lowest BCUT2D eigenvalue weighted by Crippen LogP contribution is -2.23. The van der Waals surface area contributed by atoms with Crippen molar-refractivity contribution in [3.8, 4) is 5.75 Å². The van der Waals surface area contributed by atoms with E-state index in [1.54, 1.807) is 7.11 Å². The summed E-state index contributed by atoms with van der Waals surface area (Å²) in [4.78, 5) is 0. The maximum absolute atomic E-state index is 9.82. The summed E-state index contributed by atoms with van der Waals surface area (Å²) in [6.45, 7) is 1.86. The molecule has 2 rings (SSSR count). The van der Waals surface area contributed by atoms with Crippen LogP contribution in [0.1, 0.15) is 25.3 Å². The van der Waals surface area contributed by atoms with Crippen molar-refractivity contribution in [3.63, 3.8) is 0 Å². The van der Waals surface area contributed by atoms with E-state index < -0.39 is 0 Å². The number of hydrogen-bond donors (Lipinski definition) is 1. The van der Waals surface area contributed by atoms with Crippen molar-refractivity contribution in [1.82, 2.24) is 0 Å². The van der Waals surface area contributed by atoms with Crippen LogP contribution < -0.4 is 4.74 Å². The Morgan fingerprint density at radius 3 is 2.60 bits per heavy atom. The lowest BCUT2D eigenvalue weighted by atomic mass is 9.90. The van der Waals surface area contributed by atoms with Gasteiger partial charge in [0.2, 0.25) is 0 Å². The highest BCUT2D eigenvalue weighted by molar-refractivity contribution is 9.10. The van der Waals surface area contributed by atoms with E-state index in [-0.39, 0.29) is 11.5 Å². The normalized spacial score (nSPS) is 19.7. The molecule has 2 nitrogen and oxygen atoms in total. The summed E-state index contributed by atoms with van der Waals surface area (Å²) in [7, 11) is 1.67. The highest BCUT2D eigenvalue weighted by Crippen LogP contribution is 2.53. The Bertz CT molecular complexity index is 370. The van der Waals surface area contributed by atoms with Crippen LogP contribution in [0.15, 0.2) is 22.7 Å². The topological polar surface area (TPSA) is 29.5 Å². The van der Waals surface area contributed by atoms with Gasteiger partial charge in [0.25, 0.3) is 0 Å². The summed E-state index contributed by atoms with van der Waals surface area (Å²) in [6.07, 6.45) is 1.78. The molecule has 0 amide bonds. The third kappa shape index (κ3) is 1.79. The predicted molar refractivity (Wildman–Crippen MR) is 63.3 cm³/mol. The molecule has 15 heavy (non-hydrogen) atoms. The zero-order chi connectivity index (χ0) is 11.1. The molecule has 1 saturated carbocycles. The number of hydrogen-bond acceptors (Lipinski definition) is 2. The fourth-order valence-corrected chi connectivity index (χ4v) is 2.46. The number of methoxy groups -OCH3 is 1. The van der Waals surface area contributed by atoms with Gasteiger partial charge in [0, 0.05) is 15.5 Å². The van der Waals surface area contributed by atoms with Crippen LogP contribution in [0, 0.1) is 0 Å². The summed E-state index contributed by atoms with van der Waals surface area (Å²) in [6, 6.07) is 6.00. The van der Waals surface area contributed by atoms with Gasteiger partial charge in [-0.15, -0.1) is 0 Å². The minimum atomic E-state index is -0.312. The zero-order valence-corrected chi connectivity index (χ0v) is 10.5. The molecule has 1 fully saturated rings. The molecule has 0 saturated heterocycles. The SMILES string of the molecule is COc1cc(Br)ccc1C1(C(C)O)CC1. The first kappa shape index (κ1) is 11.0. The van der Waals surface area contributed by atoms with Crippen LogP contribution in [0.4, 0.5) is 0 Å². The van der Waals surface area contributed by atoms with Crippen molar-refractivity contribution in [3.05, 3.63) is 28.2 Å². The molecule has 1 aromatic carbocycles. The fourth-order valence-electron chi connectivity index (χ4n) is 2.12. The molecule has 0 aromatic heterocycles. The average Bonchev–Trinajstić information content (AvgIpc) is 2.98. The molecule has 0 spiro atoms. The van der Waals surface area contributed by atoms with Gasteiger partial charge in [0.15, 0.2) is 0 Å². The van der Waals surface area contributed by atoms with Crippen molar-refractivity contribution in [2.75, 3.05) is 7.11 Å². The van der Waals surface area contributed by atoms with Crippen LogP contribution in [0.3, 0.4) is 0 Å². The molecule has 1 atom stereocenters. The van der Waals surface area contributed by atoms with Crippen LogP contribution in [-0.4, -0.2) is 18.3 Å². The summed E-state index contributed by atoms with van der Waals surface area (Å²) in [5.41, 5.74) is 1.06. The van der Waals surface area contributed by atoms with E-state index in [9.17, 15) is 5.11 Å². The molecule has 0 aliphatic heterocycles. The van der Waals surface area contributed by atoms with Gasteiger partial charge >= 0.3 is 0 Å². The number of aliphatic hydroxyl groups is 1. The van der Waals surface area contributed by atoms with Crippen LogP contribution >= 0.6 is 15.9 Å². The van der Waals surface area contributed by atoms with Gasteiger partial charge in [0.05, 0.1) is 13.2 Å². The highest BCUT2D eigenvalue weighted by Gasteiger charge is 2.49. The first-order valence-corrected chi connectivity index (χ1v) is 5.91. The molecule has 0 heterocycles. The maximum Gasteiger partial charge on any atom is 0.123 e. The second-order valence-electron chi connectivity index (χ2n) is 4.18. The van der Waals surface area contributed by atoms with Gasteiger partial charge in [-0.3, -0.25) is 0 Å². The van der Waals surface area contributed by atoms with Gasteiger partial charge in [-0.1, -0.05) is 22.0 Å². The lowest BCUT2D eigenvalue weighted by molar-refractivity contribution is 0.149. The quantitative estimate of drug-likeness (QED) is 0.916. The van der Waals surface area contributed by atoms with E-state index in [1.165, 1.54) is 0 Å². The molecule has 1 N–H and O–H groups in total. The maximum atomic E-state index is 9.82. The molecule has 3 heteroatoms. The molecule has 82 valence electrons. The zero-order valence-electron chi connectivity index (χ0n) is 8.96. The lowest BCUT2D eigenvalue weighted by Gasteiger charge is -2.21. The van der Waals surface area contributed by atoms with E-state index in [4.69, 9.17) is 4.74 Å². The fraction of sp³-hybridized carbons (Fsp3) is 0.500. The first-order chi connectivity index (χ1) is 7.10. The van der Waals surface area contributed by atoms with E-state index >= 15 is 0 Å². The van der Waals surface area contributed by atoms with E-state index in [2.05, 4.69) is 15.9 Å². The molecule has 0 bridgehead atoms. The van der Waals surface area contributed by atoms with Crippen molar-refractivity contribution in [1.29, 1.82) is 0 Å². The predicted octanol–water partition coefficient (Wildman–Crippen LogP) is 2.87. The summed E-state index contributed by atoms with van der Waals surface area (Å²) in [5.74, 6) is 0.864. The first-order valence-electron chi connectivity index (χ1n) is 5.12. The standard InChI is InChI=1S/C12H15BrO2/c1-8(14)12(5-6-12)10-4-3-9(13)7-11(10)15-2/h3-4,7-8,14H,5-6H2,1-2H3.